The Bertz CT molecular complexity index is 1300. The summed E-state index contributed by atoms with van der Waals surface area (Å²) in [5, 5.41) is 19.2. The Hall–Kier alpha value is -2.63. The fraction of sp³-hybridized carbons (Fsp3) is 0.400. The van der Waals surface area contributed by atoms with Crippen LogP contribution in [0, 0.1) is 0 Å². The molecule has 208 valence electrons. The van der Waals surface area contributed by atoms with Crippen molar-refractivity contribution in [3.63, 3.8) is 0 Å². The number of benzene rings is 3. The third-order valence-electron chi connectivity index (χ3n) is 7.53. The van der Waals surface area contributed by atoms with Crippen LogP contribution in [0.5, 0.6) is 0 Å². The summed E-state index contributed by atoms with van der Waals surface area (Å²) < 4.78 is 40.7. The molecule has 2 saturated heterocycles. The molecule has 0 amide bonds. The molecule has 2 fully saturated rings. The Morgan fingerprint density at radius 2 is 1.56 bits per heavy atom. The zero-order valence-electron chi connectivity index (χ0n) is 21.9. The van der Waals surface area contributed by atoms with Crippen LogP contribution in [0.1, 0.15) is 53.9 Å². The number of hydrogen-bond donors (Lipinski definition) is 3. The van der Waals surface area contributed by atoms with Crippen LogP contribution in [0.4, 0.5) is 0 Å². The summed E-state index contributed by atoms with van der Waals surface area (Å²) in [6, 6.07) is 23.9. The maximum absolute atomic E-state index is 12.6. The number of nitrogens with zero attached hydrogens (tertiary/aromatic N) is 1. The van der Waals surface area contributed by atoms with Crippen molar-refractivity contribution in [2.45, 2.75) is 61.8 Å². The lowest BCUT2D eigenvalue weighted by molar-refractivity contribution is -0.253. The number of nitrogens with one attached hydrogen (secondary N) is 1. The normalized spacial score (nSPS) is 24.2. The summed E-state index contributed by atoms with van der Waals surface area (Å²) >= 11 is 0. The van der Waals surface area contributed by atoms with Crippen LogP contribution in [0.15, 0.2) is 83.8 Å². The SMILES string of the molecule is O=S(=O)(NCc1ccc([C@H]2O[C@@H](CN3CCC[C@H]3CO)C[C@@H](c3ccc(CO)cc3)O2)cc1)c1ccccc1. The molecule has 3 aromatic carbocycles. The van der Waals surface area contributed by atoms with E-state index in [1.807, 2.05) is 48.5 Å². The van der Waals surface area contributed by atoms with E-state index in [1.165, 1.54) is 0 Å². The van der Waals surface area contributed by atoms with Gasteiger partial charge in [-0.1, -0.05) is 66.7 Å². The van der Waals surface area contributed by atoms with Crippen molar-refractivity contribution >= 4 is 10.0 Å². The van der Waals surface area contributed by atoms with Gasteiger partial charge in [0, 0.05) is 31.1 Å². The van der Waals surface area contributed by atoms with Crippen molar-refractivity contribution in [2.75, 3.05) is 19.7 Å². The summed E-state index contributed by atoms with van der Waals surface area (Å²) in [6.07, 6.45) is 1.88. The monoisotopic (exact) mass is 552 g/mol. The van der Waals surface area contributed by atoms with Crippen molar-refractivity contribution < 1.29 is 28.1 Å². The second kappa shape index (κ2) is 12.7. The molecule has 0 radical (unpaired) electrons. The van der Waals surface area contributed by atoms with Gasteiger partial charge in [0.05, 0.1) is 30.3 Å². The molecular weight excluding hydrogens is 516 g/mol. The van der Waals surface area contributed by atoms with E-state index in [0.29, 0.717) is 6.42 Å². The molecule has 39 heavy (non-hydrogen) atoms. The highest BCUT2D eigenvalue weighted by Gasteiger charge is 2.35. The minimum atomic E-state index is -3.60. The number of sulfonamides is 1. The molecule has 2 aliphatic heterocycles. The van der Waals surface area contributed by atoms with Gasteiger partial charge in [-0.25, -0.2) is 13.1 Å². The average molecular weight is 553 g/mol. The van der Waals surface area contributed by atoms with Gasteiger partial charge < -0.3 is 19.7 Å². The molecule has 2 heterocycles. The van der Waals surface area contributed by atoms with E-state index < -0.39 is 16.3 Å². The van der Waals surface area contributed by atoms with Gasteiger partial charge >= 0.3 is 0 Å². The van der Waals surface area contributed by atoms with Crippen LogP contribution >= 0.6 is 0 Å². The van der Waals surface area contributed by atoms with E-state index in [2.05, 4.69) is 9.62 Å². The molecule has 0 saturated carbocycles. The summed E-state index contributed by atoms with van der Waals surface area (Å²) in [4.78, 5) is 2.54. The number of aliphatic hydroxyl groups excluding tert-OH is 2. The number of rotatable bonds is 10. The summed E-state index contributed by atoms with van der Waals surface area (Å²) in [7, 11) is -3.60. The van der Waals surface area contributed by atoms with E-state index in [1.54, 1.807) is 30.3 Å². The molecule has 8 nitrogen and oxygen atoms in total. The lowest BCUT2D eigenvalue weighted by Crippen LogP contribution is -2.42. The molecule has 5 rings (SSSR count). The number of ether oxygens (including phenoxy) is 2. The fourth-order valence-corrected chi connectivity index (χ4v) is 6.33. The lowest BCUT2D eigenvalue weighted by atomic mass is 9.99. The van der Waals surface area contributed by atoms with Crippen LogP contribution < -0.4 is 4.72 Å². The van der Waals surface area contributed by atoms with Crippen LogP contribution in [0.25, 0.3) is 0 Å². The number of aliphatic hydroxyl groups is 2. The first-order valence-corrected chi connectivity index (χ1v) is 14.9. The fourth-order valence-electron chi connectivity index (χ4n) is 5.29. The van der Waals surface area contributed by atoms with Gasteiger partial charge in [-0.15, -0.1) is 0 Å². The second-order valence-electron chi connectivity index (χ2n) is 10.2. The lowest BCUT2D eigenvalue weighted by Gasteiger charge is -2.38. The van der Waals surface area contributed by atoms with Gasteiger partial charge in [-0.3, -0.25) is 4.90 Å². The van der Waals surface area contributed by atoms with Gasteiger partial charge in [0.1, 0.15) is 0 Å². The van der Waals surface area contributed by atoms with Gasteiger partial charge in [-0.05, 0) is 48.2 Å². The molecule has 3 aromatic rings. The molecule has 3 N–H and O–H groups in total. The molecule has 0 bridgehead atoms. The highest BCUT2D eigenvalue weighted by atomic mass is 32.2. The Kier molecular flexibility index (Phi) is 9.09. The zero-order chi connectivity index (χ0) is 27.2. The highest BCUT2D eigenvalue weighted by molar-refractivity contribution is 7.89. The van der Waals surface area contributed by atoms with Crippen LogP contribution in [-0.2, 0) is 32.6 Å². The standard InChI is InChI=1S/C30H36N2O6S/c33-20-23-10-12-24(13-11-23)29-17-27(19-32-16-4-5-26(32)21-34)37-30(38-29)25-14-8-22(9-15-25)18-31-39(35,36)28-6-2-1-3-7-28/h1-3,6-15,26-27,29-31,33-34H,4-5,16-21H2/t26-,27+,29-,30-/m0/s1. The number of likely N-dealkylation sites (tertiary alicyclic amines) is 1. The topological polar surface area (TPSA) is 108 Å². The van der Waals surface area contributed by atoms with Crippen molar-refractivity contribution in [1.29, 1.82) is 0 Å². The van der Waals surface area contributed by atoms with E-state index in [4.69, 9.17) is 9.47 Å². The van der Waals surface area contributed by atoms with E-state index in [0.717, 1.165) is 48.2 Å². The molecule has 4 atom stereocenters. The quantitative estimate of drug-likeness (QED) is 0.352. The molecule has 0 unspecified atom stereocenters. The third-order valence-corrected chi connectivity index (χ3v) is 8.95. The van der Waals surface area contributed by atoms with Crippen molar-refractivity contribution in [3.8, 4) is 0 Å². The van der Waals surface area contributed by atoms with Gasteiger partial charge in [0.25, 0.3) is 0 Å². The summed E-state index contributed by atoms with van der Waals surface area (Å²) in [6.45, 7) is 1.97. The van der Waals surface area contributed by atoms with Crippen LogP contribution in [-0.4, -0.2) is 55.4 Å². The van der Waals surface area contributed by atoms with E-state index >= 15 is 0 Å². The molecule has 9 heteroatoms. The molecule has 2 aliphatic rings. The van der Waals surface area contributed by atoms with Gasteiger partial charge in [0.2, 0.25) is 10.0 Å². The molecule has 0 aliphatic carbocycles. The first-order chi connectivity index (χ1) is 18.9. The third kappa shape index (κ3) is 6.93. The van der Waals surface area contributed by atoms with Crippen LogP contribution in [0.3, 0.4) is 0 Å². The Labute approximate surface area is 230 Å². The van der Waals surface area contributed by atoms with Gasteiger partial charge in [0.15, 0.2) is 6.29 Å². The minimum Gasteiger partial charge on any atom is -0.395 e. The first kappa shape index (κ1) is 27.9. The molecular formula is C30H36N2O6S. The van der Waals surface area contributed by atoms with Crippen molar-refractivity contribution in [2.24, 2.45) is 0 Å². The highest BCUT2D eigenvalue weighted by Crippen LogP contribution is 2.38. The maximum Gasteiger partial charge on any atom is 0.240 e. The van der Waals surface area contributed by atoms with E-state index in [9.17, 15) is 18.6 Å². The Morgan fingerprint density at radius 3 is 2.26 bits per heavy atom. The van der Waals surface area contributed by atoms with Crippen molar-refractivity contribution in [1.82, 2.24) is 9.62 Å². The largest absolute Gasteiger partial charge is 0.395 e. The molecule has 0 aromatic heterocycles. The first-order valence-electron chi connectivity index (χ1n) is 13.4. The maximum atomic E-state index is 12.6. The summed E-state index contributed by atoms with van der Waals surface area (Å²) in [5.41, 5.74) is 3.55. The molecule has 0 spiro atoms. The average Bonchev–Trinajstić information content (AvgIpc) is 3.43. The predicted molar refractivity (Wildman–Crippen MR) is 147 cm³/mol. The predicted octanol–water partition coefficient (Wildman–Crippen LogP) is 3.66. The smallest absolute Gasteiger partial charge is 0.240 e. The Morgan fingerprint density at radius 1 is 0.872 bits per heavy atom. The Balaban J connectivity index is 1.29. The zero-order valence-corrected chi connectivity index (χ0v) is 22.7. The van der Waals surface area contributed by atoms with Crippen LogP contribution in [0.2, 0.25) is 0 Å². The second-order valence-corrected chi connectivity index (χ2v) is 12.0. The van der Waals surface area contributed by atoms with Crippen molar-refractivity contribution in [3.05, 3.63) is 101 Å². The van der Waals surface area contributed by atoms with E-state index in [-0.39, 0.29) is 42.9 Å². The number of hydrogen-bond acceptors (Lipinski definition) is 7. The van der Waals surface area contributed by atoms with Gasteiger partial charge in [-0.2, -0.15) is 0 Å². The summed E-state index contributed by atoms with van der Waals surface area (Å²) in [5.74, 6) is 0. The minimum absolute atomic E-state index is 0.00840.